The number of carbonyl (C=O) groups excluding carboxylic acids is 2. The molecule has 0 radical (unpaired) electrons. The second kappa shape index (κ2) is 7.48. The number of esters is 2. The average Bonchev–Trinajstić information content (AvgIpc) is 2.92. The number of carbonyl (C=O) groups is 2. The number of amidine groups is 1. The molecule has 1 aliphatic heterocycles. The highest BCUT2D eigenvalue weighted by molar-refractivity contribution is 8.14. The van der Waals surface area contributed by atoms with Crippen LogP contribution in [0, 0.1) is 17.8 Å². The Hall–Kier alpha value is -1.12. The number of fused-ring (bicyclic) bond motifs is 1. The molecule has 2 aliphatic carbocycles. The Morgan fingerprint density at radius 2 is 2.12 bits per heavy atom. The molecule has 0 aromatic rings. The number of ether oxygens (including phenoxy) is 2. The minimum Gasteiger partial charge on any atom is -0.466 e. The number of hydrogen-bond acceptors (Lipinski definition) is 8. The third-order valence-corrected chi connectivity index (χ3v) is 5.97. The summed E-state index contributed by atoms with van der Waals surface area (Å²) in [5.74, 6) is -1.32. The molecule has 0 saturated heterocycles. The summed E-state index contributed by atoms with van der Waals surface area (Å²) in [6, 6.07) is 0. The van der Waals surface area contributed by atoms with Gasteiger partial charge in [0.15, 0.2) is 5.17 Å². The van der Waals surface area contributed by atoms with E-state index in [1.807, 2.05) is 20.8 Å². The van der Waals surface area contributed by atoms with Gasteiger partial charge in [-0.2, -0.15) is 0 Å². The van der Waals surface area contributed by atoms with E-state index in [9.17, 15) is 9.59 Å². The van der Waals surface area contributed by atoms with Crippen molar-refractivity contribution in [2.45, 2.75) is 50.5 Å². The molecule has 9 heteroatoms. The first-order valence-corrected chi connectivity index (χ1v) is 9.48. The monoisotopic (exact) mass is 403 g/mol. The van der Waals surface area contributed by atoms with Gasteiger partial charge in [-0.25, -0.2) is 4.99 Å². The summed E-state index contributed by atoms with van der Waals surface area (Å²) in [5.41, 5.74) is 4.71. The molecular formula is C17H26ClN3O4S. The summed E-state index contributed by atoms with van der Waals surface area (Å²) in [5, 5.41) is 0.692. The molecule has 2 N–H and O–H groups in total. The first-order valence-electron chi connectivity index (χ1n) is 8.60. The molecule has 146 valence electrons. The van der Waals surface area contributed by atoms with E-state index < -0.39 is 17.1 Å². The SMILES string of the molecule is CCOC(=O)[C@H]1[C@H]2[C@@H]1[C@](N)(C(=O)OC(C)(C)C)C[C@@H]2SC1=NCC=N1.Cl. The average molecular weight is 404 g/mol. The Kier molecular flexibility index (Phi) is 6.09. The smallest absolute Gasteiger partial charge is 0.327 e. The van der Waals surface area contributed by atoms with Gasteiger partial charge >= 0.3 is 11.9 Å². The zero-order valence-corrected chi connectivity index (χ0v) is 17.1. The van der Waals surface area contributed by atoms with Crippen LogP contribution >= 0.6 is 24.2 Å². The lowest BCUT2D eigenvalue weighted by molar-refractivity contribution is -0.162. The first kappa shape index (κ1) is 21.2. The molecule has 5 atom stereocenters. The maximum Gasteiger partial charge on any atom is 0.327 e. The van der Waals surface area contributed by atoms with Crippen LogP contribution in [0.2, 0.25) is 0 Å². The van der Waals surface area contributed by atoms with Gasteiger partial charge < -0.3 is 15.2 Å². The van der Waals surface area contributed by atoms with Crippen LogP contribution in [0.25, 0.3) is 0 Å². The van der Waals surface area contributed by atoms with E-state index in [0.29, 0.717) is 24.7 Å². The summed E-state index contributed by atoms with van der Waals surface area (Å²) in [6.45, 7) is 8.09. The van der Waals surface area contributed by atoms with E-state index in [0.717, 1.165) is 0 Å². The molecule has 26 heavy (non-hydrogen) atoms. The van der Waals surface area contributed by atoms with Crippen LogP contribution in [-0.2, 0) is 19.1 Å². The number of halogens is 1. The largest absolute Gasteiger partial charge is 0.466 e. The van der Waals surface area contributed by atoms with Crippen molar-refractivity contribution in [3.05, 3.63) is 0 Å². The van der Waals surface area contributed by atoms with Crippen LogP contribution < -0.4 is 5.73 Å². The van der Waals surface area contributed by atoms with Crippen LogP contribution in [0.5, 0.6) is 0 Å². The highest BCUT2D eigenvalue weighted by Gasteiger charge is 2.74. The lowest BCUT2D eigenvalue weighted by Gasteiger charge is -2.31. The summed E-state index contributed by atoms with van der Waals surface area (Å²) < 4.78 is 10.7. The van der Waals surface area contributed by atoms with Crippen molar-refractivity contribution in [1.29, 1.82) is 0 Å². The molecule has 3 aliphatic rings. The van der Waals surface area contributed by atoms with Crippen molar-refractivity contribution in [3.8, 4) is 0 Å². The molecule has 7 nitrogen and oxygen atoms in total. The van der Waals surface area contributed by atoms with Crippen molar-refractivity contribution in [2.75, 3.05) is 13.2 Å². The van der Waals surface area contributed by atoms with Crippen molar-refractivity contribution in [3.63, 3.8) is 0 Å². The number of thioether (sulfide) groups is 1. The second-order valence-corrected chi connectivity index (χ2v) is 8.92. The first-order chi connectivity index (χ1) is 11.7. The lowest BCUT2D eigenvalue weighted by Crippen LogP contribution is -2.53. The second-order valence-electron chi connectivity index (χ2n) is 7.72. The van der Waals surface area contributed by atoms with Crippen molar-refractivity contribution < 1.29 is 19.1 Å². The molecule has 0 aromatic carbocycles. The highest BCUT2D eigenvalue weighted by Crippen LogP contribution is 2.65. The fourth-order valence-electron chi connectivity index (χ4n) is 3.80. The van der Waals surface area contributed by atoms with Gasteiger partial charge in [0.05, 0.1) is 19.1 Å². The van der Waals surface area contributed by atoms with Crippen LogP contribution in [0.4, 0.5) is 0 Å². The fourth-order valence-corrected chi connectivity index (χ4v) is 5.21. The molecule has 2 saturated carbocycles. The molecule has 3 rings (SSSR count). The van der Waals surface area contributed by atoms with Crippen molar-refractivity contribution in [2.24, 2.45) is 33.5 Å². The third kappa shape index (κ3) is 3.92. The van der Waals surface area contributed by atoms with E-state index in [-0.39, 0.29) is 41.4 Å². The van der Waals surface area contributed by atoms with Crippen LogP contribution in [-0.4, -0.2) is 52.9 Å². The van der Waals surface area contributed by atoms with Gasteiger partial charge in [0.1, 0.15) is 11.1 Å². The van der Waals surface area contributed by atoms with Crippen molar-refractivity contribution >= 4 is 47.5 Å². The van der Waals surface area contributed by atoms with E-state index in [2.05, 4.69) is 9.98 Å². The minimum atomic E-state index is -1.17. The van der Waals surface area contributed by atoms with Gasteiger partial charge in [-0.3, -0.25) is 14.6 Å². The Morgan fingerprint density at radius 3 is 2.65 bits per heavy atom. The molecule has 0 unspecified atom stereocenters. The standard InChI is InChI=1S/C17H25N3O4S.ClH/c1-5-23-13(21)11-10-9(25-15-19-6-7-20-15)8-17(18,12(10)11)14(22)24-16(2,3)4;/h6,9-12H,5,7-8,18H2,1-4H3;1H/t9-,10-,11-,12-,17-;/m0./s1. The van der Waals surface area contributed by atoms with E-state index in [1.54, 1.807) is 13.1 Å². The lowest BCUT2D eigenvalue weighted by atomic mass is 9.91. The number of rotatable bonds is 4. The summed E-state index contributed by atoms with van der Waals surface area (Å²) in [6.07, 6.45) is 2.19. The number of nitrogens with two attached hydrogens (primary N) is 1. The zero-order chi connectivity index (χ0) is 18.4. The molecule has 2 fully saturated rings. The van der Waals surface area contributed by atoms with Crippen LogP contribution in [0.3, 0.4) is 0 Å². The van der Waals surface area contributed by atoms with Gasteiger partial charge in [-0.1, -0.05) is 11.8 Å². The minimum absolute atomic E-state index is 0. The highest BCUT2D eigenvalue weighted by atomic mass is 35.5. The van der Waals surface area contributed by atoms with E-state index in [4.69, 9.17) is 15.2 Å². The predicted octanol–water partition coefficient (Wildman–Crippen LogP) is 1.82. The Bertz CT molecular complexity index is 648. The number of aliphatic imine (C=N–C) groups is 2. The molecule has 0 bridgehead atoms. The number of nitrogens with zero attached hydrogens (tertiary/aromatic N) is 2. The predicted molar refractivity (Wildman–Crippen MR) is 104 cm³/mol. The van der Waals surface area contributed by atoms with E-state index >= 15 is 0 Å². The normalized spacial score (nSPS) is 34.6. The summed E-state index contributed by atoms with van der Waals surface area (Å²) >= 11 is 1.50. The van der Waals surface area contributed by atoms with Gasteiger partial charge in [0.2, 0.25) is 0 Å². The summed E-state index contributed by atoms with van der Waals surface area (Å²) in [7, 11) is 0. The molecule has 0 amide bonds. The van der Waals surface area contributed by atoms with Crippen LogP contribution in [0.1, 0.15) is 34.1 Å². The maximum absolute atomic E-state index is 12.8. The fraction of sp³-hybridized carbons (Fsp3) is 0.765. The molecule has 0 spiro atoms. The molecule has 1 heterocycles. The topological polar surface area (TPSA) is 103 Å². The Labute approximate surface area is 164 Å². The van der Waals surface area contributed by atoms with Gasteiger partial charge in [-0.15, -0.1) is 12.4 Å². The van der Waals surface area contributed by atoms with Gasteiger partial charge in [-0.05, 0) is 40.0 Å². The van der Waals surface area contributed by atoms with Crippen LogP contribution in [0.15, 0.2) is 9.98 Å². The van der Waals surface area contributed by atoms with Gasteiger partial charge in [0, 0.05) is 17.4 Å². The van der Waals surface area contributed by atoms with Gasteiger partial charge in [0.25, 0.3) is 0 Å². The number of hydrogen-bond donors (Lipinski definition) is 1. The zero-order valence-electron chi connectivity index (χ0n) is 15.4. The summed E-state index contributed by atoms with van der Waals surface area (Å²) in [4.78, 5) is 33.6. The third-order valence-electron chi connectivity index (χ3n) is 4.74. The van der Waals surface area contributed by atoms with E-state index in [1.165, 1.54) is 11.8 Å². The molecular weight excluding hydrogens is 378 g/mol. The Morgan fingerprint density at radius 1 is 1.42 bits per heavy atom. The molecule has 0 aromatic heterocycles. The Balaban J connectivity index is 0.00000243. The quantitative estimate of drug-likeness (QED) is 0.718. The maximum atomic E-state index is 12.8. The van der Waals surface area contributed by atoms with Crippen molar-refractivity contribution in [1.82, 2.24) is 0 Å².